The molecule has 0 saturated carbocycles. The lowest BCUT2D eigenvalue weighted by Gasteiger charge is -2.52. The van der Waals surface area contributed by atoms with Crippen molar-refractivity contribution in [3.63, 3.8) is 0 Å². The van der Waals surface area contributed by atoms with E-state index in [1.54, 1.807) is 0 Å². The summed E-state index contributed by atoms with van der Waals surface area (Å²) in [6.45, 7) is 11.9. The van der Waals surface area contributed by atoms with Crippen molar-refractivity contribution in [3.8, 4) is 0 Å². The highest BCUT2D eigenvalue weighted by atomic mass is 15.2. The first-order valence-electron chi connectivity index (χ1n) is 9.36. The summed E-state index contributed by atoms with van der Waals surface area (Å²) in [5.41, 5.74) is 0.636. The minimum Gasteiger partial charge on any atom is -0.368 e. The van der Waals surface area contributed by atoms with Gasteiger partial charge < -0.3 is 4.90 Å². The number of unbranched alkanes of at least 4 members (excludes halogenated alkanes) is 7. The average molecular weight is 294 g/mol. The van der Waals surface area contributed by atoms with Gasteiger partial charge >= 0.3 is 0 Å². The van der Waals surface area contributed by atoms with Gasteiger partial charge in [-0.05, 0) is 66.0 Å². The van der Waals surface area contributed by atoms with E-state index in [4.69, 9.17) is 0 Å². The lowest BCUT2D eigenvalue weighted by atomic mass is 9.80. The molecule has 0 aromatic rings. The van der Waals surface area contributed by atoms with Gasteiger partial charge in [0.2, 0.25) is 0 Å². The zero-order chi connectivity index (χ0) is 15.8. The lowest BCUT2D eigenvalue weighted by Crippen LogP contribution is -2.55. The van der Waals surface area contributed by atoms with Gasteiger partial charge in [0.1, 0.15) is 0 Å². The molecule has 0 aromatic heterocycles. The SMILES string of the molecule is CCCCCCCCCC=CN1C(C)(C)CCCC1(C)C. The average Bonchev–Trinajstić information content (AvgIpc) is 2.38. The molecule has 1 heterocycles. The van der Waals surface area contributed by atoms with Gasteiger partial charge in [0.15, 0.2) is 0 Å². The van der Waals surface area contributed by atoms with Crippen LogP contribution in [0.4, 0.5) is 0 Å². The zero-order valence-corrected chi connectivity index (χ0v) is 15.4. The molecule has 0 N–H and O–H groups in total. The van der Waals surface area contributed by atoms with Gasteiger partial charge in [0, 0.05) is 11.1 Å². The van der Waals surface area contributed by atoms with Crippen LogP contribution < -0.4 is 0 Å². The van der Waals surface area contributed by atoms with E-state index in [-0.39, 0.29) is 0 Å². The van der Waals surface area contributed by atoms with Crippen molar-refractivity contribution in [1.82, 2.24) is 4.90 Å². The molecule has 0 bridgehead atoms. The molecule has 1 nitrogen and oxygen atoms in total. The molecular weight excluding hydrogens is 254 g/mol. The number of likely N-dealkylation sites (tertiary alicyclic amines) is 1. The Hall–Kier alpha value is -0.460. The number of rotatable bonds is 9. The van der Waals surface area contributed by atoms with Crippen molar-refractivity contribution in [2.45, 2.75) is 116 Å². The Kier molecular flexibility index (Phi) is 7.84. The van der Waals surface area contributed by atoms with Crippen LogP contribution in [0.2, 0.25) is 0 Å². The van der Waals surface area contributed by atoms with Crippen molar-refractivity contribution in [2.24, 2.45) is 0 Å². The Bertz CT molecular complexity index is 285. The molecule has 0 amide bonds. The smallest absolute Gasteiger partial charge is 0.0346 e. The molecule has 1 fully saturated rings. The van der Waals surface area contributed by atoms with E-state index >= 15 is 0 Å². The predicted molar refractivity (Wildman–Crippen MR) is 95.6 cm³/mol. The second-order valence-corrected chi connectivity index (χ2v) is 8.14. The Morgan fingerprint density at radius 1 is 0.810 bits per heavy atom. The summed E-state index contributed by atoms with van der Waals surface area (Å²) < 4.78 is 0. The molecule has 0 atom stereocenters. The molecule has 0 aliphatic carbocycles. The summed E-state index contributed by atoms with van der Waals surface area (Å²) in [5.74, 6) is 0. The number of allylic oxidation sites excluding steroid dienone is 1. The third kappa shape index (κ3) is 6.45. The third-order valence-corrected chi connectivity index (χ3v) is 5.11. The molecular formula is C20H39N. The molecule has 1 rings (SSSR count). The fraction of sp³-hybridized carbons (Fsp3) is 0.900. The normalized spacial score (nSPS) is 21.1. The number of nitrogens with zero attached hydrogens (tertiary/aromatic N) is 1. The van der Waals surface area contributed by atoms with Crippen molar-refractivity contribution < 1.29 is 0 Å². The first-order valence-corrected chi connectivity index (χ1v) is 9.36. The molecule has 0 aromatic carbocycles. The van der Waals surface area contributed by atoms with Crippen LogP contribution in [0.3, 0.4) is 0 Å². The number of hydrogen-bond donors (Lipinski definition) is 0. The van der Waals surface area contributed by atoms with Crippen LogP contribution in [0.5, 0.6) is 0 Å². The first kappa shape index (κ1) is 18.6. The topological polar surface area (TPSA) is 3.24 Å². The summed E-state index contributed by atoms with van der Waals surface area (Å²) in [6.07, 6.45) is 19.9. The highest BCUT2D eigenvalue weighted by Gasteiger charge is 2.38. The first-order chi connectivity index (χ1) is 9.90. The Morgan fingerprint density at radius 3 is 1.90 bits per heavy atom. The van der Waals surface area contributed by atoms with Gasteiger partial charge in [-0.3, -0.25) is 0 Å². The van der Waals surface area contributed by atoms with Gasteiger partial charge in [-0.1, -0.05) is 51.5 Å². The fourth-order valence-corrected chi connectivity index (χ4v) is 3.82. The van der Waals surface area contributed by atoms with Gasteiger partial charge in [-0.25, -0.2) is 0 Å². The van der Waals surface area contributed by atoms with Crippen LogP contribution in [0.1, 0.15) is 105 Å². The van der Waals surface area contributed by atoms with Crippen molar-refractivity contribution in [3.05, 3.63) is 12.3 Å². The molecule has 1 saturated heterocycles. The van der Waals surface area contributed by atoms with Crippen LogP contribution >= 0.6 is 0 Å². The Labute approximate surface area is 134 Å². The van der Waals surface area contributed by atoms with E-state index < -0.39 is 0 Å². The molecule has 1 heteroatoms. The van der Waals surface area contributed by atoms with Crippen LogP contribution in [0.25, 0.3) is 0 Å². The predicted octanol–water partition coefficient (Wildman–Crippen LogP) is 6.68. The minimum atomic E-state index is 0.318. The summed E-state index contributed by atoms with van der Waals surface area (Å²) in [5, 5.41) is 0. The van der Waals surface area contributed by atoms with Crippen LogP contribution in [-0.4, -0.2) is 16.0 Å². The van der Waals surface area contributed by atoms with Crippen molar-refractivity contribution >= 4 is 0 Å². The highest BCUT2D eigenvalue weighted by Crippen LogP contribution is 2.38. The van der Waals surface area contributed by atoms with Gasteiger partial charge in [-0.2, -0.15) is 0 Å². The van der Waals surface area contributed by atoms with E-state index in [1.165, 1.54) is 70.6 Å². The van der Waals surface area contributed by atoms with E-state index in [1.807, 2.05) is 0 Å². The zero-order valence-electron chi connectivity index (χ0n) is 15.4. The van der Waals surface area contributed by atoms with Crippen molar-refractivity contribution in [2.75, 3.05) is 0 Å². The maximum atomic E-state index is 2.62. The second-order valence-electron chi connectivity index (χ2n) is 8.14. The van der Waals surface area contributed by atoms with E-state index in [0.29, 0.717) is 11.1 Å². The standard InChI is InChI=1S/C20H39N/c1-6-7-8-9-10-11-12-13-14-18-21-19(2,3)16-15-17-20(21,4)5/h14,18H,6-13,15-17H2,1-5H3. The maximum absolute atomic E-state index is 2.62. The highest BCUT2D eigenvalue weighted by molar-refractivity contribution is 5.03. The Balaban J connectivity index is 2.25. The third-order valence-electron chi connectivity index (χ3n) is 5.11. The molecule has 0 spiro atoms. The van der Waals surface area contributed by atoms with Gasteiger partial charge in [0.25, 0.3) is 0 Å². The van der Waals surface area contributed by atoms with Crippen LogP contribution in [0.15, 0.2) is 12.3 Å². The van der Waals surface area contributed by atoms with Crippen molar-refractivity contribution in [1.29, 1.82) is 0 Å². The quantitative estimate of drug-likeness (QED) is 0.428. The molecule has 0 radical (unpaired) electrons. The minimum absolute atomic E-state index is 0.318. The summed E-state index contributed by atoms with van der Waals surface area (Å²) in [7, 11) is 0. The molecule has 124 valence electrons. The maximum Gasteiger partial charge on any atom is 0.0346 e. The van der Waals surface area contributed by atoms with Crippen LogP contribution in [0, 0.1) is 0 Å². The molecule has 21 heavy (non-hydrogen) atoms. The summed E-state index contributed by atoms with van der Waals surface area (Å²) in [4.78, 5) is 2.62. The van der Waals surface area contributed by atoms with E-state index in [0.717, 1.165) is 0 Å². The summed E-state index contributed by atoms with van der Waals surface area (Å²) >= 11 is 0. The number of hydrogen-bond acceptors (Lipinski definition) is 1. The largest absolute Gasteiger partial charge is 0.368 e. The molecule has 1 aliphatic rings. The Morgan fingerprint density at radius 2 is 1.33 bits per heavy atom. The lowest BCUT2D eigenvalue weighted by molar-refractivity contribution is 0.0188. The van der Waals surface area contributed by atoms with E-state index in [9.17, 15) is 0 Å². The van der Waals surface area contributed by atoms with Crippen LogP contribution in [-0.2, 0) is 0 Å². The second kappa shape index (κ2) is 8.86. The molecule has 0 unspecified atom stereocenters. The monoisotopic (exact) mass is 293 g/mol. The number of piperidine rings is 1. The van der Waals surface area contributed by atoms with E-state index in [2.05, 4.69) is 51.8 Å². The molecule has 1 aliphatic heterocycles. The fourth-order valence-electron chi connectivity index (χ4n) is 3.82. The van der Waals surface area contributed by atoms with Gasteiger partial charge in [0.05, 0.1) is 0 Å². The summed E-state index contributed by atoms with van der Waals surface area (Å²) in [6, 6.07) is 0. The van der Waals surface area contributed by atoms with Gasteiger partial charge in [-0.15, -0.1) is 0 Å².